The van der Waals surface area contributed by atoms with Crippen LogP contribution in [-0.2, 0) is 11.2 Å². The molecular weight excluding hydrogens is 371 g/mol. The average molecular weight is 387 g/mol. The van der Waals surface area contributed by atoms with Crippen molar-refractivity contribution in [3.8, 4) is 5.75 Å². The smallest absolute Gasteiger partial charge is 0.229 e. The van der Waals surface area contributed by atoms with E-state index in [2.05, 4.69) is 20.8 Å². The monoisotopic (exact) mass is 386 g/mol. The first kappa shape index (κ1) is 18.6. The van der Waals surface area contributed by atoms with Gasteiger partial charge in [0.25, 0.3) is 0 Å². The number of rotatable bonds is 6. The SMILES string of the molecule is COc1ccc(Cl)cc1Nc1ccc(NC(=O)Cc2ccc(F)cc2)nn1. The number of anilines is 3. The lowest BCUT2D eigenvalue weighted by atomic mass is 10.1. The fourth-order valence-corrected chi connectivity index (χ4v) is 2.53. The Hall–Kier alpha value is -3.19. The molecule has 2 N–H and O–H groups in total. The summed E-state index contributed by atoms with van der Waals surface area (Å²) in [5, 5.41) is 14.3. The number of ether oxygens (including phenoxy) is 1. The van der Waals surface area contributed by atoms with E-state index in [0.29, 0.717) is 33.7 Å². The first-order chi connectivity index (χ1) is 13.0. The van der Waals surface area contributed by atoms with Gasteiger partial charge in [-0.1, -0.05) is 23.7 Å². The summed E-state index contributed by atoms with van der Waals surface area (Å²) in [6, 6.07) is 14.2. The van der Waals surface area contributed by atoms with Crippen LogP contribution in [0.4, 0.5) is 21.7 Å². The van der Waals surface area contributed by atoms with Crippen LogP contribution in [-0.4, -0.2) is 23.2 Å². The van der Waals surface area contributed by atoms with Gasteiger partial charge in [-0.2, -0.15) is 0 Å². The van der Waals surface area contributed by atoms with Crippen molar-refractivity contribution in [2.75, 3.05) is 17.7 Å². The summed E-state index contributed by atoms with van der Waals surface area (Å²) in [7, 11) is 1.56. The van der Waals surface area contributed by atoms with E-state index in [9.17, 15) is 9.18 Å². The second-order valence-corrected chi connectivity index (χ2v) is 6.06. The molecule has 0 saturated carbocycles. The maximum atomic E-state index is 12.9. The van der Waals surface area contributed by atoms with Gasteiger partial charge in [0, 0.05) is 5.02 Å². The molecule has 0 bridgehead atoms. The van der Waals surface area contributed by atoms with Gasteiger partial charge in [0.1, 0.15) is 11.6 Å². The van der Waals surface area contributed by atoms with Crippen molar-refractivity contribution in [2.45, 2.75) is 6.42 Å². The van der Waals surface area contributed by atoms with E-state index in [1.165, 1.54) is 12.1 Å². The number of amides is 1. The molecule has 1 aromatic heterocycles. The summed E-state index contributed by atoms with van der Waals surface area (Å²) in [5.41, 5.74) is 1.35. The van der Waals surface area contributed by atoms with Crippen molar-refractivity contribution in [2.24, 2.45) is 0 Å². The Kier molecular flexibility index (Phi) is 5.83. The summed E-state index contributed by atoms with van der Waals surface area (Å²) in [6.45, 7) is 0. The molecule has 0 atom stereocenters. The van der Waals surface area contributed by atoms with E-state index in [0.717, 1.165) is 0 Å². The first-order valence-corrected chi connectivity index (χ1v) is 8.40. The number of carbonyl (C=O) groups is 1. The fourth-order valence-electron chi connectivity index (χ4n) is 2.36. The molecule has 0 spiro atoms. The Labute approximate surface area is 160 Å². The molecule has 0 aliphatic carbocycles. The molecule has 138 valence electrons. The molecule has 27 heavy (non-hydrogen) atoms. The summed E-state index contributed by atoms with van der Waals surface area (Å²) in [5.74, 6) is 0.772. The average Bonchev–Trinajstić information content (AvgIpc) is 2.65. The number of carbonyl (C=O) groups excluding carboxylic acids is 1. The standard InChI is InChI=1S/C19H16ClFN4O2/c1-27-16-7-4-13(20)11-15(16)22-17-8-9-18(25-24-17)23-19(26)10-12-2-5-14(21)6-3-12/h2-9,11H,10H2,1H3,(H,22,24)(H,23,25,26). The minimum absolute atomic E-state index is 0.113. The Bertz CT molecular complexity index is 933. The highest BCUT2D eigenvalue weighted by Crippen LogP contribution is 2.29. The van der Waals surface area contributed by atoms with E-state index in [1.54, 1.807) is 49.6 Å². The topological polar surface area (TPSA) is 76.1 Å². The third-order valence-electron chi connectivity index (χ3n) is 3.63. The minimum Gasteiger partial charge on any atom is -0.495 e. The highest BCUT2D eigenvalue weighted by atomic mass is 35.5. The molecule has 1 heterocycles. The van der Waals surface area contributed by atoms with Gasteiger partial charge in [0.05, 0.1) is 19.2 Å². The molecule has 0 fully saturated rings. The van der Waals surface area contributed by atoms with E-state index in [1.807, 2.05) is 0 Å². The van der Waals surface area contributed by atoms with Gasteiger partial charge in [0.15, 0.2) is 11.6 Å². The lowest BCUT2D eigenvalue weighted by Crippen LogP contribution is -2.15. The van der Waals surface area contributed by atoms with Gasteiger partial charge in [-0.05, 0) is 48.0 Å². The maximum Gasteiger partial charge on any atom is 0.229 e. The van der Waals surface area contributed by atoms with Gasteiger partial charge in [-0.15, -0.1) is 10.2 Å². The Morgan fingerprint density at radius 2 is 1.78 bits per heavy atom. The number of methoxy groups -OCH3 is 1. The van der Waals surface area contributed by atoms with Crippen molar-refractivity contribution < 1.29 is 13.9 Å². The molecule has 0 saturated heterocycles. The molecule has 3 aromatic rings. The summed E-state index contributed by atoms with van der Waals surface area (Å²) < 4.78 is 18.2. The predicted molar refractivity (Wildman–Crippen MR) is 102 cm³/mol. The Morgan fingerprint density at radius 3 is 2.44 bits per heavy atom. The second kappa shape index (κ2) is 8.46. The van der Waals surface area contributed by atoms with Crippen LogP contribution >= 0.6 is 11.6 Å². The molecule has 0 aliphatic rings. The van der Waals surface area contributed by atoms with E-state index in [-0.39, 0.29) is 18.1 Å². The molecule has 8 heteroatoms. The summed E-state index contributed by atoms with van der Waals surface area (Å²) in [4.78, 5) is 12.0. The zero-order valence-electron chi connectivity index (χ0n) is 14.4. The molecular formula is C19H16ClFN4O2. The van der Waals surface area contributed by atoms with Crippen molar-refractivity contribution in [3.05, 3.63) is 71.0 Å². The normalized spacial score (nSPS) is 10.3. The van der Waals surface area contributed by atoms with Gasteiger partial charge < -0.3 is 15.4 Å². The molecule has 6 nitrogen and oxygen atoms in total. The molecule has 2 aromatic carbocycles. The lowest BCUT2D eigenvalue weighted by molar-refractivity contribution is -0.115. The van der Waals surface area contributed by atoms with Gasteiger partial charge in [0.2, 0.25) is 5.91 Å². The van der Waals surface area contributed by atoms with E-state index >= 15 is 0 Å². The van der Waals surface area contributed by atoms with Crippen LogP contribution in [0, 0.1) is 5.82 Å². The van der Waals surface area contributed by atoms with Gasteiger partial charge >= 0.3 is 0 Å². The minimum atomic E-state index is -0.343. The van der Waals surface area contributed by atoms with Crippen LogP contribution in [0.5, 0.6) is 5.75 Å². The number of halogens is 2. The highest BCUT2D eigenvalue weighted by Gasteiger charge is 2.08. The third-order valence-corrected chi connectivity index (χ3v) is 3.87. The lowest BCUT2D eigenvalue weighted by Gasteiger charge is -2.11. The second-order valence-electron chi connectivity index (χ2n) is 5.62. The van der Waals surface area contributed by atoms with Crippen molar-refractivity contribution in [1.82, 2.24) is 10.2 Å². The Balaban J connectivity index is 1.62. The van der Waals surface area contributed by atoms with Gasteiger partial charge in [-0.3, -0.25) is 4.79 Å². The van der Waals surface area contributed by atoms with Crippen molar-refractivity contribution in [3.63, 3.8) is 0 Å². The van der Waals surface area contributed by atoms with Crippen molar-refractivity contribution >= 4 is 34.8 Å². The third kappa shape index (κ3) is 5.15. The summed E-state index contributed by atoms with van der Waals surface area (Å²) >= 11 is 6.00. The van der Waals surface area contributed by atoms with Crippen molar-refractivity contribution in [1.29, 1.82) is 0 Å². The van der Waals surface area contributed by atoms with Crippen LogP contribution < -0.4 is 15.4 Å². The maximum absolute atomic E-state index is 12.9. The molecule has 3 rings (SSSR count). The predicted octanol–water partition coefficient (Wildman–Crippen LogP) is 4.20. The first-order valence-electron chi connectivity index (χ1n) is 8.02. The summed E-state index contributed by atoms with van der Waals surface area (Å²) in [6.07, 6.45) is 0.113. The molecule has 1 amide bonds. The fraction of sp³-hybridized carbons (Fsp3) is 0.105. The zero-order valence-corrected chi connectivity index (χ0v) is 15.1. The van der Waals surface area contributed by atoms with Crippen LogP contribution in [0.2, 0.25) is 5.02 Å². The Morgan fingerprint density at radius 1 is 1.07 bits per heavy atom. The number of hydrogen-bond donors (Lipinski definition) is 2. The van der Waals surface area contributed by atoms with Crippen LogP contribution in [0.15, 0.2) is 54.6 Å². The zero-order chi connectivity index (χ0) is 19.2. The largest absolute Gasteiger partial charge is 0.495 e. The number of aromatic nitrogens is 2. The van der Waals surface area contributed by atoms with Crippen LogP contribution in [0.3, 0.4) is 0 Å². The van der Waals surface area contributed by atoms with E-state index in [4.69, 9.17) is 16.3 Å². The number of nitrogens with one attached hydrogen (secondary N) is 2. The quantitative estimate of drug-likeness (QED) is 0.664. The number of hydrogen-bond acceptors (Lipinski definition) is 5. The van der Waals surface area contributed by atoms with Crippen LogP contribution in [0.25, 0.3) is 0 Å². The van der Waals surface area contributed by atoms with Gasteiger partial charge in [-0.25, -0.2) is 4.39 Å². The molecule has 0 radical (unpaired) electrons. The van der Waals surface area contributed by atoms with Crippen LogP contribution in [0.1, 0.15) is 5.56 Å². The number of nitrogens with zero attached hydrogens (tertiary/aromatic N) is 2. The number of benzene rings is 2. The molecule has 0 aliphatic heterocycles. The van der Waals surface area contributed by atoms with E-state index < -0.39 is 0 Å². The highest BCUT2D eigenvalue weighted by molar-refractivity contribution is 6.31. The molecule has 0 unspecified atom stereocenters.